The number of hydrogen-bond acceptors (Lipinski definition) is 4. The molecule has 0 unspecified atom stereocenters. The molecule has 0 aromatic carbocycles. The van der Waals surface area contributed by atoms with Gasteiger partial charge in [-0.15, -0.1) is 0 Å². The molecule has 5 heteroatoms. The lowest BCUT2D eigenvalue weighted by Crippen LogP contribution is -2.38. The molecule has 0 saturated carbocycles. The number of hydrogen-bond donors (Lipinski definition) is 0. The smallest absolute Gasteiger partial charge is 0.283 e. The first-order valence-corrected chi connectivity index (χ1v) is 4.00. The number of aliphatic imine (C=N–C) groups is 3. The van der Waals surface area contributed by atoms with E-state index in [-0.39, 0.29) is 17.3 Å². The number of fused-ring (bicyclic) bond motifs is 1. The predicted octanol–water partition coefficient (Wildman–Crippen LogP) is 0.612. The van der Waals surface area contributed by atoms with E-state index in [1.807, 2.05) is 6.92 Å². The van der Waals surface area contributed by atoms with Crippen LogP contribution in [0, 0.1) is 0 Å². The Morgan fingerprint density at radius 1 is 1.42 bits per heavy atom. The van der Waals surface area contributed by atoms with Gasteiger partial charge in [0.15, 0.2) is 6.10 Å². The summed E-state index contributed by atoms with van der Waals surface area (Å²) in [5.74, 6) is 0.749. The molecule has 0 fully saturated rings. The second-order valence-electron chi connectivity index (χ2n) is 2.57. The van der Waals surface area contributed by atoms with Gasteiger partial charge in [0.2, 0.25) is 0 Å². The maximum Gasteiger partial charge on any atom is 0.283 e. The van der Waals surface area contributed by atoms with Gasteiger partial charge in [-0.05, 0) is 19.1 Å². The van der Waals surface area contributed by atoms with Gasteiger partial charge in [-0.3, -0.25) is 4.99 Å². The van der Waals surface area contributed by atoms with E-state index in [0.717, 1.165) is 5.84 Å². The molecule has 0 aromatic heterocycles. The minimum absolute atomic E-state index is 0.0470. The number of nitrogens with zero attached hydrogens (tertiary/aromatic N) is 3. The molecular formula is C7H7N3OS. The molecule has 2 aliphatic rings. The van der Waals surface area contributed by atoms with Crippen LogP contribution in [0.3, 0.4) is 0 Å². The third kappa shape index (κ3) is 1.27. The summed E-state index contributed by atoms with van der Waals surface area (Å²) in [5.41, 5.74) is 0. The summed E-state index contributed by atoms with van der Waals surface area (Å²) in [6.07, 6.45) is 3.26. The quantitative estimate of drug-likeness (QED) is 0.514. The summed E-state index contributed by atoms with van der Waals surface area (Å²) in [7, 11) is 0. The standard InChI is InChI=1S/C7H7N3OS/c1-4-8-3-6-5(10-4)2-9-7(12)11-6/h2-3,5-6H,1H3/t5-,6+/m0/s1. The molecule has 2 atom stereocenters. The monoisotopic (exact) mass is 181 g/mol. The molecule has 2 heterocycles. The van der Waals surface area contributed by atoms with Crippen LogP contribution < -0.4 is 0 Å². The summed E-state index contributed by atoms with van der Waals surface area (Å²) >= 11 is 4.77. The fourth-order valence-corrected chi connectivity index (χ4v) is 1.27. The van der Waals surface area contributed by atoms with Crippen LogP contribution in [0.4, 0.5) is 0 Å². The van der Waals surface area contributed by atoms with Gasteiger partial charge < -0.3 is 4.74 Å². The third-order valence-electron chi connectivity index (χ3n) is 1.65. The lowest BCUT2D eigenvalue weighted by atomic mass is 10.1. The summed E-state index contributed by atoms with van der Waals surface area (Å²) in [5, 5.41) is 0.262. The van der Waals surface area contributed by atoms with E-state index in [4.69, 9.17) is 17.0 Å². The molecule has 0 N–H and O–H groups in total. The summed E-state index contributed by atoms with van der Waals surface area (Å²) in [6, 6.07) is -0.0470. The van der Waals surface area contributed by atoms with Crippen molar-refractivity contribution in [3.8, 4) is 0 Å². The van der Waals surface area contributed by atoms with Crippen LogP contribution >= 0.6 is 12.2 Å². The molecular weight excluding hydrogens is 174 g/mol. The maximum absolute atomic E-state index is 5.22. The Morgan fingerprint density at radius 2 is 2.25 bits per heavy atom. The zero-order chi connectivity index (χ0) is 8.55. The topological polar surface area (TPSA) is 46.3 Å². The highest BCUT2D eigenvalue weighted by molar-refractivity contribution is 7.80. The molecule has 0 aliphatic carbocycles. The van der Waals surface area contributed by atoms with Crippen molar-refractivity contribution in [2.24, 2.45) is 15.0 Å². The summed E-state index contributed by atoms with van der Waals surface area (Å²) in [4.78, 5) is 12.1. The maximum atomic E-state index is 5.22. The molecule has 0 aromatic rings. The van der Waals surface area contributed by atoms with Crippen LogP contribution in [0.25, 0.3) is 0 Å². The van der Waals surface area contributed by atoms with Crippen molar-refractivity contribution < 1.29 is 4.74 Å². The van der Waals surface area contributed by atoms with E-state index in [1.54, 1.807) is 12.4 Å². The lowest BCUT2D eigenvalue weighted by molar-refractivity contribution is 0.246. The minimum atomic E-state index is -0.154. The zero-order valence-corrected chi connectivity index (χ0v) is 7.28. The van der Waals surface area contributed by atoms with Crippen LogP contribution in [0.5, 0.6) is 0 Å². The SMILES string of the molecule is CC1=N[C@H]2C=NC(=S)O[C@@H]2C=N1. The van der Waals surface area contributed by atoms with Gasteiger partial charge in [-0.1, -0.05) is 0 Å². The van der Waals surface area contributed by atoms with Gasteiger partial charge in [0.25, 0.3) is 5.17 Å². The average molecular weight is 181 g/mol. The summed E-state index contributed by atoms with van der Waals surface area (Å²) in [6.45, 7) is 1.84. The van der Waals surface area contributed by atoms with Gasteiger partial charge in [0, 0.05) is 12.4 Å². The second-order valence-corrected chi connectivity index (χ2v) is 2.92. The van der Waals surface area contributed by atoms with Crippen molar-refractivity contribution >= 4 is 35.7 Å². The molecule has 4 nitrogen and oxygen atoms in total. The first-order chi connectivity index (χ1) is 5.75. The largest absolute Gasteiger partial charge is 0.458 e. The van der Waals surface area contributed by atoms with E-state index in [0.29, 0.717) is 0 Å². The number of rotatable bonds is 0. The highest BCUT2D eigenvalue weighted by Crippen LogP contribution is 2.11. The van der Waals surface area contributed by atoms with Gasteiger partial charge in [-0.25, -0.2) is 9.98 Å². The number of ether oxygens (including phenoxy) is 1. The van der Waals surface area contributed by atoms with Crippen molar-refractivity contribution in [3.63, 3.8) is 0 Å². The average Bonchev–Trinajstić information content (AvgIpc) is 2.05. The van der Waals surface area contributed by atoms with Crippen molar-refractivity contribution in [1.29, 1.82) is 0 Å². The fraction of sp³-hybridized carbons (Fsp3) is 0.429. The Morgan fingerprint density at radius 3 is 3.08 bits per heavy atom. The fourth-order valence-electron chi connectivity index (χ4n) is 1.09. The Kier molecular flexibility index (Phi) is 1.73. The van der Waals surface area contributed by atoms with Crippen LogP contribution in [-0.2, 0) is 4.74 Å². The number of amidine groups is 1. The number of thiocarbonyl (C=S) groups is 1. The molecule has 12 heavy (non-hydrogen) atoms. The predicted molar refractivity (Wildman–Crippen MR) is 51.4 cm³/mol. The molecule has 0 saturated heterocycles. The first-order valence-electron chi connectivity index (χ1n) is 3.59. The molecule has 0 spiro atoms. The molecule has 62 valence electrons. The van der Waals surface area contributed by atoms with E-state index in [1.165, 1.54) is 0 Å². The Hall–Kier alpha value is -1.10. The third-order valence-corrected chi connectivity index (χ3v) is 1.85. The van der Waals surface area contributed by atoms with Crippen molar-refractivity contribution in [3.05, 3.63) is 0 Å². The van der Waals surface area contributed by atoms with Crippen molar-refractivity contribution in [1.82, 2.24) is 0 Å². The highest BCUT2D eigenvalue weighted by atomic mass is 32.1. The molecule has 0 amide bonds. The molecule has 0 radical (unpaired) electrons. The minimum Gasteiger partial charge on any atom is -0.458 e. The van der Waals surface area contributed by atoms with E-state index in [2.05, 4.69) is 15.0 Å². The Bertz CT molecular complexity index is 308. The van der Waals surface area contributed by atoms with Crippen LogP contribution in [0.1, 0.15) is 6.92 Å². The van der Waals surface area contributed by atoms with E-state index in [9.17, 15) is 0 Å². The van der Waals surface area contributed by atoms with Gasteiger partial charge in [0.05, 0.1) is 0 Å². The van der Waals surface area contributed by atoms with Crippen molar-refractivity contribution in [2.75, 3.05) is 0 Å². The van der Waals surface area contributed by atoms with Crippen LogP contribution in [0.15, 0.2) is 15.0 Å². The van der Waals surface area contributed by atoms with E-state index >= 15 is 0 Å². The zero-order valence-electron chi connectivity index (χ0n) is 6.47. The summed E-state index contributed by atoms with van der Waals surface area (Å²) < 4.78 is 5.22. The van der Waals surface area contributed by atoms with E-state index < -0.39 is 0 Å². The Labute approximate surface area is 75.1 Å². The normalized spacial score (nSPS) is 32.4. The van der Waals surface area contributed by atoms with Crippen molar-refractivity contribution in [2.45, 2.75) is 19.1 Å². The Balaban J connectivity index is 2.27. The highest BCUT2D eigenvalue weighted by Gasteiger charge is 2.26. The van der Waals surface area contributed by atoms with Gasteiger partial charge in [-0.2, -0.15) is 0 Å². The van der Waals surface area contributed by atoms with Crippen LogP contribution in [0.2, 0.25) is 0 Å². The van der Waals surface area contributed by atoms with Gasteiger partial charge >= 0.3 is 0 Å². The lowest BCUT2D eigenvalue weighted by Gasteiger charge is -2.24. The first kappa shape index (κ1) is 7.54. The molecule has 2 rings (SSSR count). The van der Waals surface area contributed by atoms with Crippen LogP contribution in [-0.4, -0.2) is 35.6 Å². The second kappa shape index (κ2) is 2.75. The van der Waals surface area contributed by atoms with Gasteiger partial charge in [0.1, 0.15) is 11.9 Å². The molecule has 0 bridgehead atoms. The molecule has 2 aliphatic heterocycles.